The van der Waals surface area contributed by atoms with Gasteiger partial charge in [-0.25, -0.2) is 0 Å². The molecule has 3 heteroatoms. The van der Waals surface area contributed by atoms with Gasteiger partial charge in [-0.05, 0) is 32.8 Å². The van der Waals surface area contributed by atoms with Crippen LogP contribution in [0.2, 0.25) is 0 Å². The molecule has 0 aromatic heterocycles. The SMILES string of the molecule is CC(NCC1(C)CCCO1)c1ccccc1O. The first-order valence-corrected chi connectivity index (χ1v) is 6.26. The van der Waals surface area contributed by atoms with Crippen molar-refractivity contribution in [3.63, 3.8) is 0 Å². The molecule has 0 saturated carbocycles. The van der Waals surface area contributed by atoms with Crippen molar-refractivity contribution >= 4 is 0 Å². The van der Waals surface area contributed by atoms with Gasteiger partial charge in [0.05, 0.1) is 5.60 Å². The number of aromatic hydroxyl groups is 1. The van der Waals surface area contributed by atoms with E-state index in [9.17, 15) is 5.11 Å². The molecule has 3 nitrogen and oxygen atoms in total. The third-order valence-electron chi connectivity index (χ3n) is 3.49. The van der Waals surface area contributed by atoms with E-state index in [2.05, 4.69) is 19.2 Å². The summed E-state index contributed by atoms with van der Waals surface area (Å²) in [7, 11) is 0. The number of phenols is 1. The summed E-state index contributed by atoms with van der Waals surface area (Å²) in [5.74, 6) is 0.352. The summed E-state index contributed by atoms with van der Waals surface area (Å²) >= 11 is 0. The van der Waals surface area contributed by atoms with Crippen molar-refractivity contribution in [1.82, 2.24) is 5.32 Å². The van der Waals surface area contributed by atoms with Crippen molar-refractivity contribution in [2.24, 2.45) is 0 Å². The summed E-state index contributed by atoms with van der Waals surface area (Å²) in [5.41, 5.74) is 0.896. The Morgan fingerprint density at radius 3 is 2.88 bits per heavy atom. The molecule has 2 atom stereocenters. The van der Waals surface area contributed by atoms with Crippen LogP contribution in [0, 0.1) is 0 Å². The van der Waals surface area contributed by atoms with Crippen LogP contribution in [0.3, 0.4) is 0 Å². The molecule has 1 fully saturated rings. The average Bonchev–Trinajstić information content (AvgIpc) is 2.74. The van der Waals surface area contributed by atoms with Gasteiger partial charge in [0.2, 0.25) is 0 Å². The van der Waals surface area contributed by atoms with Gasteiger partial charge in [0.15, 0.2) is 0 Å². The highest BCUT2D eigenvalue weighted by Crippen LogP contribution is 2.27. The molecule has 1 aliphatic heterocycles. The Kier molecular flexibility index (Phi) is 3.69. The predicted octanol–water partition coefficient (Wildman–Crippen LogP) is 2.61. The van der Waals surface area contributed by atoms with Crippen LogP contribution >= 0.6 is 0 Å². The molecule has 17 heavy (non-hydrogen) atoms. The fourth-order valence-electron chi connectivity index (χ4n) is 2.31. The highest BCUT2D eigenvalue weighted by molar-refractivity contribution is 5.34. The lowest BCUT2D eigenvalue weighted by molar-refractivity contribution is 0.0190. The van der Waals surface area contributed by atoms with E-state index in [0.29, 0.717) is 5.75 Å². The van der Waals surface area contributed by atoms with Crippen LogP contribution in [0.4, 0.5) is 0 Å². The second-order valence-electron chi connectivity index (χ2n) is 5.06. The Balaban J connectivity index is 1.93. The van der Waals surface area contributed by atoms with Crippen LogP contribution in [0.25, 0.3) is 0 Å². The van der Waals surface area contributed by atoms with E-state index in [0.717, 1.165) is 31.6 Å². The Bertz CT molecular complexity index is 372. The Hall–Kier alpha value is -1.06. The third kappa shape index (κ3) is 2.99. The summed E-state index contributed by atoms with van der Waals surface area (Å²) < 4.78 is 5.73. The fraction of sp³-hybridized carbons (Fsp3) is 0.571. The Labute approximate surface area is 103 Å². The first-order chi connectivity index (χ1) is 8.11. The van der Waals surface area contributed by atoms with E-state index >= 15 is 0 Å². The van der Waals surface area contributed by atoms with Crippen molar-refractivity contribution in [3.8, 4) is 5.75 Å². The van der Waals surface area contributed by atoms with E-state index in [1.165, 1.54) is 0 Å². The minimum absolute atomic E-state index is 0.0430. The molecule has 0 aliphatic carbocycles. The molecule has 2 rings (SSSR count). The van der Waals surface area contributed by atoms with Gasteiger partial charge in [0, 0.05) is 24.8 Å². The molecule has 1 aliphatic rings. The molecule has 0 amide bonds. The van der Waals surface area contributed by atoms with Crippen molar-refractivity contribution in [2.45, 2.75) is 38.3 Å². The first-order valence-electron chi connectivity index (χ1n) is 6.26. The average molecular weight is 235 g/mol. The molecule has 94 valence electrons. The monoisotopic (exact) mass is 235 g/mol. The molecular weight excluding hydrogens is 214 g/mol. The number of phenolic OH excluding ortho intramolecular Hbond substituents is 1. The maximum Gasteiger partial charge on any atom is 0.120 e. The summed E-state index contributed by atoms with van der Waals surface area (Å²) in [4.78, 5) is 0. The number of hydrogen-bond donors (Lipinski definition) is 2. The topological polar surface area (TPSA) is 41.5 Å². The van der Waals surface area contributed by atoms with E-state index in [1.54, 1.807) is 6.07 Å². The first kappa shape index (κ1) is 12.4. The Morgan fingerprint density at radius 1 is 1.47 bits per heavy atom. The summed E-state index contributed by atoms with van der Waals surface area (Å²) in [5, 5.41) is 13.2. The second-order valence-corrected chi connectivity index (χ2v) is 5.06. The standard InChI is InChI=1S/C14H21NO2/c1-11(12-6-3-4-7-13(12)16)15-10-14(2)8-5-9-17-14/h3-4,6-7,11,15-16H,5,8-10H2,1-2H3. The van der Waals surface area contributed by atoms with Gasteiger partial charge in [0.1, 0.15) is 5.75 Å². The molecular formula is C14H21NO2. The molecule has 0 radical (unpaired) electrons. The van der Waals surface area contributed by atoms with Gasteiger partial charge in [-0.1, -0.05) is 18.2 Å². The van der Waals surface area contributed by atoms with Gasteiger partial charge in [0.25, 0.3) is 0 Å². The Morgan fingerprint density at radius 2 is 2.24 bits per heavy atom. The molecule has 0 bridgehead atoms. The van der Waals surface area contributed by atoms with Crippen molar-refractivity contribution in [1.29, 1.82) is 0 Å². The zero-order chi connectivity index (χ0) is 12.3. The number of hydrogen-bond acceptors (Lipinski definition) is 3. The number of ether oxygens (including phenoxy) is 1. The van der Waals surface area contributed by atoms with E-state index in [4.69, 9.17) is 4.74 Å². The van der Waals surface area contributed by atoms with Crippen LogP contribution < -0.4 is 5.32 Å². The van der Waals surface area contributed by atoms with Crippen molar-refractivity contribution in [3.05, 3.63) is 29.8 Å². The summed E-state index contributed by atoms with van der Waals surface area (Å²) in [6.45, 7) is 5.89. The van der Waals surface area contributed by atoms with Crippen LogP contribution in [0.15, 0.2) is 24.3 Å². The lowest BCUT2D eigenvalue weighted by Crippen LogP contribution is -2.38. The summed E-state index contributed by atoms with van der Waals surface area (Å²) in [6, 6.07) is 7.59. The highest BCUT2D eigenvalue weighted by atomic mass is 16.5. The zero-order valence-electron chi connectivity index (χ0n) is 10.6. The van der Waals surface area contributed by atoms with Gasteiger partial charge in [-0.15, -0.1) is 0 Å². The number of para-hydroxylation sites is 1. The molecule has 2 unspecified atom stereocenters. The summed E-state index contributed by atoms with van der Waals surface area (Å²) in [6.07, 6.45) is 2.25. The highest BCUT2D eigenvalue weighted by Gasteiger charge is 2.29. The molecule has 1 heterocycles. The van der Waals surface area contributed by atoms with Crippen LogP contribution in [-0.2, 0) is 4.74 Å². The maximum absolute atomic E-state index is 9.77. The molecule has 1 aromatic rings. The third-order valence-corrected chi connectivity index (χ3v) is 3.49. The minimum atomic E-state index is -0.0430. The van der Waals surface area contributed by atoms with Crippen molar-refractivity contribution < 1.29 is 9.84 Å². The van der Waals surface area contributed by atoms with Gasteiger partial charge < -0.3 is 15.2 Å². The van der Waals surface area contributed by atoms with E-state index in [1.807, 2.05) is 18.2 Å². The quantitative estimate of drug-likeness (QED) is 0.843. The molecule has 0 spiro atoms. The van der Waals surface area contributed by atoms with Gasteiger partial charge >= 0.3 is 0 Å². The molecule has 1 saturated heterocycles. The maximum atomic E-state index is 9.77. The largest absolute Gasteiger partial charge is 0.508 e. The van der Waals surface area contributed by atoms with Crippen LogP contribution in [-0.4, -0.2) is 23.9 Å². The smallest absolute Gasteiger partial charge is 0.120 e. The van der Waals surface area contributed by atoms with Crippen LogP contribution in [0.5, 0.6) is 5.75 Å². The van der Waals surface area contributed by atoms with Gasteiger partial charge in [-0.2, -0.15) is 0 Å². The molecule has 2 N–H and O–H groups in total. The second kappa shape index (κ2) is 5.07. The number of benzene rings is 1. The number of rotatable bonds is 4. The minimum Gasteiger partial charge on any atom is -0.508 e. The van der Waals surface area contributed by atoms with E-state index in [-0.39, 0.29) is 11.6 Å². The lowest BCUT2D eigenvalue weighted by Gasteiger charge is -2.26. The zero-order valence-corrected chi connectivity index (χ0v) is 10.6. The number of nitrogens with one attached hydrogen (secondary N) is 1. The normalized spacial score (nSPS) is 26.0. The van der Waals surface area contributed by atoms with Gasteiger partial charge in [-0.3, -0.25) is 0 Å². The lowest BCUT2D eigenvalue weighted by atomic mass is 10.0. The van der Waals surface area contributed by atoms with Crippen molar-refractivity contribution in [2.75, 3.05) is 13.2 Å². The van der Waals surface area contributed by atoms with Crippen LogP contribution in [0.1, 0.15) is 38.3 Å². The fourth-order valence-corrected chi connectivity index (χ4v) is 2.31. The molecule has 1 aromatic carbocycles. The predicted molar refractivity (Wildman–Crippen MR) is 68.1 cm³/mol. The van der Waals surface area contributed by atoms with E-state index < -0.39 is 0 Å².